The molecule has 0 aromatic heterocycles. The van der Waals surface area contributed by atoms with Gasteiger partial charge in [0.15, 0.2) is 11.6 Å². The number of nitrogens with one attached hydrogen (secondary N) is 1. The molecule has 2 heterocycles. The van der Waals surface area contributed by atoms with Crippen LogP contribution in [0, 0.1) is 11.6 Å². The Morgan fingerprint density at radius 3 is 2.38 bits per heavy atom. The van der Waals surface area contributed by atoms with Crippen LogP contribution in [-0.4, -0.2) is 52.4 Å². The van der Waals surface area contributed by atoms with Crippen molar-refractivity contribution in [2.75, 3.05) is 36.0 Å². The third-order valence-corrected chi connectivity index (χ3v) is 10.8. The van der Waals surface area contributed by atoms with Gasteiger partial charge in [0.05, 0.1) is 26.9 Å². The molecular weight excluding hydrogens is 432 g/mol. The summed E-state index contributed by atoms with van der Waals surface area (Å²) >= 11 is 0. The molecule has 1 N–H and O–H groups in total. The van der Waals surface area contributed by atoms with Gasteiger partial charge in [-0.05, 0) is 12.1 Å². The van der Waals surface area contributed by atoms with Gasteiger partial charge in [-0.15, -0.1) is 0 Å². The van der Waals surface area contributed by atoms with E-state index in [0.717, 1.165) is 12.1 Å². The zero-order valence-electron chi connectivity index (χ0n) is 18.2. The summed E-state index contributed by atoms with van der Waals surface area (Å²) in [6.07, 6.45) is -1.26. The third-order valence-electron chi connectivity index (χ3n) is 6.42. The second kappa shape index (κ2) is 8.89. The van der Waals surface area contributed by atoms with E-state index in [1.54, 1.807) is 4.90 Å². The van der Waals surface area contributed by atoms with Crippen LogP contribution in [0.2, 0.25) is 18.6 Å². The second-order valence-electron chi connectivity index (χ2n) is 8.73. The van der Waals surface area contributed by atoms with E-state index in [0.29, 0.717) is 13.1 Å². The number of ether oxygens (including phenoxy) is 1. The van der Waals surface area contributed by atoms with Crippen molar-refractivity contribution >= 4 is 36.6 Å². The van der Waals surface area contributed by atoms with E-state index in [1.807, 2.05) is 18.2 Å². The highest BCUT2D eigenvalue weighted by Crippen LogP contribution is 2.34. The van der Waals surface area contributed by atoms with Crippen molar-refractivity contribution in [2.24, 2.45) is 0 Å². The molecule has 2 amide bonds. The molecule has 2 saturated heterocycles. The molecule has 4 rings (SSSR count). The van der Waals surface area contributed by atoms with Crippen molar-refractivity contribution in [3.05, 3.63) is 54.1 Å². The second-order valence-corrected chi connectivity index (χ2v) is 13.4. The normalized spacial score (nSPS) is 20.2. The Balaban J connectivity index is 1.47. The fourth-order valence-corrected chi connectivity index (χ4v) is 7.81. The third kappa shape index (κ3) is 4.48. The minimum absolute atomic E-state index is 0.0415. The first kappa shape index (κ1) is 22.3. The molecule has 2 aromatic rings. The smallest absolute Gasteiger partial charge is 0.414 e. The summed E-state index contributed by atoms with van der Waals surface area (Å²) in [4.78, 5) is 26.2. The molecule has 2 aliphatic heterocycles. The summed E-state index contributed by atoms with van der Waals surface area (Å²) in [5.41, 5.74) is 0.0693. The van der Waals surface area contributed by atoms with Crippen molar-refractivity contribution in [3.8, 4) is 0 Å². The number of cyclic esters (lactones) is 1. The Kier molecular flexibility index (Phi) is 6.19. The van der Waals surface area contributed by atoms with E-state index in [2.05, 4.69) is 24.0 Å². The van der Waals surface area contributed by atoms with Crippen molar-refractivity contribution in [2.45, 2.75) is 31.7 Å². The minimum Gasteiger partial charge on any atom is -0.442 e. The summed E-state index contributed by atoms with van der Waals surface area (Å²) in [5, 5.41) is 3.95. The van der Waals surface area contributed by atoms with E-state index >= 15 is 8.78 Å². The molecule has 0 radical (unpaired) electrons. The summed E-state index contributed by atoms with van der Waals surface area (Å²) in [6.45, 7) is 5.14. The fraction of sp³-hybridized carbons (Fsp3) is 0.391. The molecule has 1 atom stereocenters. The lowest BCUT2D eigenvalue weighted by molar-refractivity contribution is -0.119. The van der Waals surface area contributed by atoms with Gasteiger partial charge in [0.1, 0.15) is 11.8 Å². The molecule has 32 heavy (non-hydrogen) atoms. The van der Waals surface area contributed by atoms with Gasteiger partial charge in [-0.1, -0.05) is 42.1 Å². The Hall–Kier alpha value is -2.94. The fourth-order valence-electron chi connectivity index (χ4n) is 4.46. The van der Waals surface area contributed by atoms with Crippen LogP contribution in [0.25, 0.3) is 0 Å². The van der Waals surface area contributed by atoms with Crippen LogP contribution in [0.15, 0.2) is 42.5 Å². The van der Waals surface area contributed by atoms with E-state index in [-0.39, 0.29) is 30.4 Å². The van der Waals surface area contributed by atoms with E-state index in [1.165, 1.54) is 29.1 Å². The molecule has 0 saturated carbocycles. The number of benzene rings is 2. The number of rotatable bonds is 5. The molecule has 2 aromatic carbocycles. The number of amides is 2. The first-order valence-electron chi connectivity index (χ1n) is 10.8. The van der Waals surface area contributed by atoms with Crippen LogP contribution >= 0.6 is 0 Å². The highest BCUT2D eigenvalue weighted by atomic mass is 28.3. The predicted molar refractivity (Wildman–Crippen MR) is 122 cm³/mol. The minimum atomic E-state index is -1.67. The molecular formula is C23H27F2N3O3Si. The van der Waals surface area contributed by atoms with Gasteiger partial charge in [0.2, 0.25) is 5.91 Å². The van der Waals surface area contributed by atoms with Gasteiger partial charge in [0, 0.05) is 32.1 Å². The SMILES string of the molecule is CC(=O)NC[C@H]1CN(c2cc(F)c(N3CC[Si](C)(c4ccccc4)CC3)c(F)c2)C(=O)O1. The highest BCUT2D eigenvalue weighted by molar-refractivity contribution is 6.91. The quantitative estimate of drug-likeness (QED) is 0.698. The Morgan fingerprint density at radius 2 is 1.78 bits per heavy atom. The van der Waals surface area contributed by atoms with Gasteiger partial charge in [-0.25, -0.2) is 13.6 Å². The van der Waals surface area contributed by atoms with Crippen molar-refractivity contribution < 1.29 is 23.1 Å². The summed E-state index contributed by atoms with van der Waals surface area (Å²) < 4.78 is 35.3. The van der Waals surface area contributed by atoms with Crippen LogP contribution < -0.4 is 20.3 Å². The van der Waals surface area contributed by atoms with E-state index in [9.17, 15) is 9.59 Å². The van der Waals surface area contributed by atoms with Crippen LogP contribution in [0.3, 0.4) is 0 Å². The largest absolute Gasteiger partial charge is 0.442 e. The predicted octanol–water partition coefficient (Wildman–Crippen LogP) is 3.23. The summed E-state index contributed by atoms with van der Waals surface area (Å²) in [5.74, 6) is -1.62. The lowest BCUT2D eigenvalue weighted by Crippen LogP contribution is -2.53. The van der Waals surface area contributed by atoms with E-state index < -0.39 is 31.9 Å². The zero-order valence-corrected chi connectivity index (χ0v) is 19.2. The first-order valence-corrected chi connectivity index (χ1v) is 13.7. The van der Waals surface area contributed by atoms with Crippen LogP contribution in [0.1, 0.15) is 6.92 Å². The molecule has 2 fully saturated rings. The lowest BCUT2D eigenvalue weighted by atomic mass is 10.2. The lowest BCUT2D eigenvalue weighted by Gasteiger charge is -2.39. The number of carbonyl (C=O) groups excluding carboxylic acids is 2. The molecule has 0 aliphatic carbocycles. The van der Waals surface area contributed by atoms with Gasteiger partial charge in [0.25, 0.3) is 0 Å². The maximum atomic E-state index is 15.0. The molecule has 9 heteroatoms. The standard InChI is InChI=1S/C23H27F2N3O3Si/c1-16(29)26-14-18-15-28(23(30)31-18)17-12-20(24)22(21(25)13-17)27-8-10-32(2,11-9-27)19-6-4-3-5-7-19/h3-7,12-13,18H,8-11,14-15H2,1-2H3,(H,26,29)/t18-/m0/s1. The highest BCUT2D eigenvalue weighted by Gasteiger charge is 2.37. The Bertz CT molecular complexity index is 990. The maximum absolute atomic E-state index is 15.0. The molecule has 0 bridgehead atoms. The number of hydrogen-bond acceptors (Lipinski definition) is 4. The van der Waals surface area contributed by atoms with Crippen LogP contribution in [0.4, 0.5) is 25.0 Å². The van der Waals surface area contributed by atoms with Crippen LogP contribution in [0.5, 0.6) is 0 Å². The van der Waals surface area contributed by atoms with Crippen LogP contribution in [-0.2, 0) is 9.53 Å². The molecule has 0 spiro atoms. The summed E-state index contributed by atoms with van der Waals surface area (Å²) in [7, 11) is -1.67. The van der Waals surface area contributed by atoms with Crippen molar-refractivity contribution in [1.82, 2.24) is 5.32 Å². The monoisotopic (exact) mass is 459 g/mol. The molecule has 2 aliphatic rings. The first-order chi connectivity index (χ1) is 15.3. The number of hydrogen-bond donors (Lipinski definition) is 1. The number of nitrogens with zero attached hydrogens (tertiary/aromatic N) is 2. The van der Waals surface area contributed by atoms with Gasteiger partial charge >= 0.3 is 6.09 Å². The number of anilines is 2. The summed E-state index contributed by atoms with van der Waals surface area (Å²) in [6, 6.07) is 14.6. The molecule has 0 unspecified atom stereocenters. The number of halogens is 2. The maximum Gasteiger partial charge on any atom is 0.414 e. The zero-order chi connectivity index (χ0) is 22.9. The molecule has 170 valence electrons. The van der Waals surface area contributed by atoms with Crippen molar-refractivity contribution in [1.29, 1.82) is 0 Å². The average molecular weight is 460 g/mol. The Morgan fingerprint density at radius 1 is 1.16 bits per heavy atom. The average Bonchev–Trinajstić information content (AvgIpc) is 3.14. The molecule has 6 nitrogen and oxygen atoms in total. The Labute approximate surface area is 187 Å². The van der Waals surface area contributed by atoms with Gasteiger partial charge in [-0.3, -0.25) is 9.69 Å². The van der Waals surface area contributed by atoms with E-state index in [4.69, 9.17) is 4.74 Å². The van der Waals surface area contributed by atoms with Gasteiger partial charge in [-0.2, -0.15) is 0 Å². The topological polar surface area (TPSA) is 61.9 Å². The van der Waals surface area contributed by atoms with Gasteiger partial charge < -0.3 is 15.0 Å². The van der Waals surface area contributed by atoms with Crippen molar-refractivity contribution in [3.63, 3.8) is 0 Å². The number of carbonyl (C=O) groups is 2.